The van der Waals surface area contributed by atoms with Crippen molar-refractivity contribution in [2.45, 2.75) is 40.2 Å². The molecule has 1 aromatic heterocycles. The van der Waals surface area contributed by atoms with Crippen molar-refractivity contribution >= 4 is 63.9 Å². The molecule has 1 saturated heterocycles. The number of nitrogens with two attached hydrogens (primary N) is 1. The normalized spacial score (nSPS) is 24.5. The monoisotopic (exact) mass is 631 g/mol. The number of carbonyl (C=O) groups excluding carboxylic acids is 3. The number of thioether (sulfide) groups is 2. The number of nitrogens with one attached hydrogen (secondary N) is 2. The van der Waals surface area contributed by atoms with Gasteiger partial charge in [0, 0.05) is 21.5 Å². The smallest absolute Gasteiger partial charge is 0.354 e. The Kier molecular flexibility index (Phi) is 7.70. The number of halogens is 1. The number of methoxy groups -OCH3 is 2. The minimum absolute atomic E-state index is 0.0161. The lowest BCUT2D eigenvalue weighted by Crippen LogP contribution is -2.79. The fourth-order valence-corrected chi connectivity index (χ4v) is 7.05. The molecule has 0 aliphatic carbocycles. The van der Waals surface area contributed by atoms with Gasteiger partial charge in [-0.1, -0.05) is 23.9 Å². The molecule has 1 fully saturated rings. The van der Waals surface area contributed by atoms with Crippen molar-refractivity contribution in [2.75, 3.05) is 14.2 Å². The molecule has 0 saturated carbocycles. The molecule has 0 bridgehead atoms. The van der Waals surface area contributed by atoms with Crippen LogP contribution in [0.1, 0.15) is 12.5 Å². The molecule has 1 aromatic carbocycles. The predicted molar refractivity (Wildman–Crippen MR) is 135 cm³/mol. The molecule has 2 amide bonds. The van der Waals surface area contributed by atoms with E-state index >= 15 is 0 Å². The summed E-state index contributed by atoms with van der Waals surface area (Å²) in [5.41, 5.74) is 5.89. The Morgan fingerprint density at radius 2 is 2.20 bits per heavy atom. The van der Waals surface area contributed by atoms with Crippen LogP contribution in [0.4, 0.5) is 0 Å². The van der Waals surface area contributed by atoms with Crippen molar-refractivity contribution in [3.63, 3.8) is 0 Å². The van der Waals surface area contributed by atoms with Crippen LogP contribution in [0.2, 0.25) is 0 Å². The molecule has 0 radical (unpaired) electrons. The summed E-state index contributed by atoms with van der Waals surface area (Å²) in [4.78, 5) is 40.2. The molecule has 2 aliphatic rings. The van der Waals surface area contributed by atoms with E-state index in [-0.39, 0.29) is 18.0 Å². The SMILES string of the molecule is COC(=O)C1=C(C(C)Sc2nn[nH]n2)C(NC(=O)Cc2cccc(I)c2)S[C@H]2N1C(=O)C2(N)OC. The Morgan fingerprint density at radius 1 is 1.43 bits per heavy atom. The number of aromatic nitrogens is 4. The fourth-order valence-electron chi connectivity index (χ4n) is 3.84. The van der Waals surface area contributed by atoms with Gasteiger partial charge in [-0.05, 0) is 52.4 Å². The molecule has 2 aromatic rings. The highest BCUT2D eigenvalue weighted by atomic mass is 127. The van der Waals surface area contributed by atoms with Gasteiger partial charge in [-0.2, -0.15) is 5.21 Å². The Balaban J connectivity index is 1.71. The van der Waals surface area contributed by atoms with Gasteiger partial charge in [0.2, 0.25) is 16.8 Å². The lowest BCUT2D eigenvalue weighted by Gasteiger charge is -2.56. The van der Waals surface area contributed by atoms with Crippen molar-refractivity contribution in [3.05, 3.63) is 44.7 Å². The molecule has 15 heteroatoms. The lowest BCUT2D eigenvalue weighted by atomic mass is 9.97. The maximum absolute atomic E-state index is 13.1. The van der Waals surface area contributed by atoms with E-state index in [0.717, 1.165) is 9.13 Å². The first-order valence-electron chi connectivity index (χ1n) is 10.3. The number of tetrazole rings is 1. The number of rotatable bonds is 8. The minimum Gasteiger partial charge on any atom is -0.464 e. The van der Waals surface area contributed by atoms with Gasteiger partial charge in [-0.25, -0.2) is 4.79 Å². The number of carbonyl (C=O) groups is 3. The molecule has 12 nitrogen and oxygen atoms in total. The maximum atomic E-state index is 13.1. The Hall–Kier alpha value is -2.21. The van der Waals surface area contributed by atoms with Crippen LogP contribution in [0.25, 0.3) is 0 Å². The minimum atomic E-state index is -1.64. The second-order valence-electron chi connectivity index (χ2n) is 7.67. The largest absolute Gasteiger partial charge is 0.464 e. The van der Waals surface area contributed by atoms with Crippen molar-refractivity contribution < 1.29 is 23.9 Å². The van der Waals surface area contributed by atoms with Crippen LogP contribution < -0.4 is 11.1 Å². The summed E-state index contributed by atoms with van der Waals surface area (Å²) in [6, 6.07) is 7.60. The van der Waals surface area contributed by atoms with Crippen molar-refractivity contribution in [2.24, 2.45) is 5.73 Å². The highest BCUT2D eigenvalue weighted by Crippen LogP contribution is 2.50. The number of esters is 1. The molecule has 3 unspecified atom stereocenters. The van der Waals surface area contributed by atoms with Gasteiger partial charge in [-0.3, -0.25) is 20.2 Å². The molecule has 3 heterocycles. The van der Waals surface area contributed by atoms with E-state index in [1.54, 1.807) is 0 Å². The van der Waals surface area contributed by atoms with E-state index in [9.17, 15) is 14.4 Å². The molecule has 4 N–H and O–H groups in total. The van der Waals surface area contributed by atoms with Gasteiger partial charge in [0.1, 0.15) is 16.4 Å². The zero-order valence-corrected chi connectivity index (χ0v) is 22.6. The van der Waals surface area contributed by atoms with Gasteiger partial charge < -0.3 is 14.8 Å². The van der Waals surface area contributed by atoms with E-state index < -0.39 is 33.6 Å². The number of fused-ring (bicyclic) bond motifs is 1. The molecule has 4 atom stereocenters. The van der Waals surface area contributed by atoms with Gasteiger partial charge in [0.05, 0.1) is 13.5 Å². The number of hydrogen-bond donors (Lipinski definition) is 3. The third kappa shape index (κ3) is 4.91. The van der Waals surface area contributed by atoms with E-state index in [1.165, 1.54) is 42.6 Å². The van der Waals surface area contributed by atoms with Gasteiger partial charge in [-0.15, -0.1) is 22.0 Å². The van der Waals surface area contributed by atoms with Gasteiger partial charge in [0.25, 0.3) is 5.91 Å². The highest BCUT2D eigenvalue weighted by Gasteiger charge is 2.65. The van der Waals surface area contributed by atoms with Crippen LogP contribution in [0.15, 0.2) is 40.7 Å². The van der Waals surface area contributed by atoms with Crippen LogP contribution in [0.3, 0.4) is 0 Å². The number of amides is 2. The third-order valence-corrected chi connectivity index (χ3v) is 8.65. The Morgan fingerprint density at radius 3 is 2.83 bits per heavy atom. The number of hydrogen-bond acceptors (Lipinski definition) is 11. The summed E-state index contributed by atoms with van der Waals surface area (Å²) in [5, 5.41) is 15.3. The number of benzene rings is 1. The number of ether oxygens (including phenoxy) is 2. The summed E-state index contributed by atoms with van der Waals surface area (Å²) in [5.74, 6) is -1.56. The molecule has 186 valence electrons. The lowest BCUT2D eigenvalue weighted by molar-refractivity contribution is -0.183. The zero-order chi connectivity index (χ0) is 25.3. The Bertz CT molecular complexity index is 1180. The summed E-state index contributed by atoms with van der Waals surface area (Å²) < 4.78 is 11.3. The van der Waals surface area contributed by atoms with Crippen LogP contribution in [0.5, 0.6) is 0 Å². The number of aromatic amines is 1. The van der Waals surface area contributed by atoms with Crippen LogP contribution in [-0.4, -0.2) is 79.2 Å². The van der Waals surface area contributed by atoms with E-state index in [1.807, 2.05) is 31.2 Å². The molecule has 35 heavy (non-hydrogen) atoms. The third-order valence-electron chi connectivity index (χ3n) is 5.52. The molecule has 4 rings (SSSR count). The summed E-state index contributed by atoms with van der Waals surface area (Å²) >= 11 is 4.61. The van der Waals surface area contributed by atoms with Gasteiger partial charge in [0.15, 0.2) is 0 Å². The fraction of sp³-hybridized carbons (Fsp3) is 0.400. The molecule has 2 aliphatic heterocycles. The van der Waals surface area contributed by atoms with Crippen molar-refractivity contribution in [1.29, 1.82) is 0 Å². The topological polar surface area (TPSA) is 165 Å². The number of β-lactam (4-membered cyclic amide) rings is 1. The zero-order valence-electron chi connectivity index (χ0n) is 18.9. The first-order chi connectivity index (χ1) is 16.7. The first kappa shape index (κ1) is 25.9. The standard InChI is InChI=1S/C20H22IN7O5S2/c1-9(34-19-24-26-27-25-19)13-14(16(30)32-2)28-17(31)20(22,33-3)18(28)35-15(13)23-12(29)8-10-5-4-6-11(21)7-10/h4-7,9,15,18H,8,22H2,1-3H3,(H,23,29)(H,24,25,26,27)/t9?,15?,18-,20?/m1/s1. The summed E-state index contributed by atoms with van der Waals surface area (Å²) in [6.07, 6.45) is 0.131. The molecule has 0 spiro atoms. The quantitative estimate of drug-likeness (QED) is 0.123. The second-order valence-corrected chi connectivity index (χ2v) is 11.4. The summed E-state index contributed by atoms with van der Waals surface area (Å²) in [7, 11) is 2.55. The van der Waals surface area contributed by atoms with Crippen LogP contribution >= 0.6 is 46.1 Å². The maximum Gasteiger partial charge on any atom is 0.354 e. The molecular weight excluding hydrogens is 609 g/mol. The van der Waals surface area contributed by atoms with E-state index in [0.29, 0.717) is 10.7 Å². The van der Waals surface area contributed by atoms with Gasteiger partial charge >= 0.3 is 5.97 Å². The average Bonchev–Trinajstić information content (AvgIpc) is 3.34. The molecular formula is C20H22IN7O5S2. The number of H-pyrrole nitrogens is 1. The Labute approximate surface area is 222 Å². The second kappa shape index (κ2) is 10.4. The van der Waals surface area contributed by atoms with E-state index in [4.69, 9.17) is 15.2 Å². The first-order valence-corrected chi connectivity index (χ1v) is 13.2. The van der Waals surface area contributed by atoms with Crippen LogP contribution in [0, 0.1) is 3.57 Å². The van der Waals surface area contributed by atoms with Crippen molar-refractivity contribution in [3.8, 4) is 0 Å². The van der Waals surface area contributed by atoms with Crippen molar-refractivity contribution in [1.82, 2.24) is 30.8 Å². The average molecular weight is 631 g/mol. The van der Waals surface area contributed by atoms with Crippen LogP contribution in [-0.2, 0) is 30.3 Å². The van der Waals surface area contributed by atoms with E-state index in [2.05, 4.69) is 48.5 Å². The highest BCUT2D eigenvalue weighted by molar-refractivity contribution is 14.1. The predicted octanol–water partition coefficient (Wildman–Crippen LogP) is 0.613. The summed E-state index contributed by atoms with van der Waals surface area (Å²) in [6.45, 7) is 1.81. The number of nitrogens with zero attached hydrogens (tertiary/aromatic N) is 4.